The molecule has 0 N–H and O–H groups in total. The Labute approximate surface area is 148 Å². The number of hydrogen-bond acceptors (Lipinski definition) is 4. The Morgan fingerprint density at radius 3 is 2.44 bits per heavy atom. The van der Waals surface area contributed by atoms with E-state index in [0.29, 0.717) is 5.92 Å². The van der Waals surface area contributed by atoms with Crippen LogP contribution in [0.3, 0.4) is 0 Å². The molecule has 25 heavy (non-hydrogen) atoms. The van der Waals surface area contributed by atoms with Gasteiger partial charge in [-0.05, 0) is 31.4 Å². The van der Waals surface area contributed by atoms with Crippen molar-refractivity contribution < 1.29 is 14.2 Å². The van der Waals surface area contributed by atoms with Gasteiger partial charge in [0.15, 0.2) is 17.2 Å². The number of fused-ring (bicyclic) bond motifs is 2. The van der Waals surface area contributed by atoms with Crippen LogP contribution in [0.2, 0.25) is 0 Å². The summed E-state index contributed by atoms with van der Waals surface area (Å²) in [5.74, 6) is 2.84. The second-order valence-corrected chi connectivity index (χ2v) is 7.38. The van der Waals surface area contributed by atoms with Crippen molar-refractivity contribution >= 4 is 0 Å². The molecule has 3 aliphatic rings. The average Bonchev–Trinajstić information content (AvgIpc) is 3.32. The van der Waals surface area contributed by atoms with Gasteiger partial charge in [-0.3, -0.25) is 4.90 Å². The minimum atomic E-state index is -0.280. The van der Waals surface area contributed by atoms with Gasteiger partial charge in [-0.1, -0.05) is 30.3 Å². The van der Waals surface area contributed by atoms with Crippen LogP contribution < -0.4 is 14.2 Å². The van der Waals surface area contributed by atoms with Gasteiger partial charge in [0.05, 0.1) is 0 Å². The standard InChI is InChI=1S/C21H23NO3/c1-21(22-9-5-6-10-22)13-17(15-7-3-2-4-8-15)16-11-19-20(24-14-23-19)12-18(16)25-21/h2-4,7-8,11-12,17H,5-6,9-10,13-14H2,1H3. The van der Waals surface area contributed by atoms with E-state index in [-0.39, 0.29) is 12.5 Å². The Hall–Kier alpha value is -2.20. The highest BCUT2D eigenvalue weighted by Crippen LogP contribution is 2.50. The SMILES string of the molecule is CC1(N2CCCC2)CC(c2ccccc2)c2cc3c(cc2O1)OCO3. The lowest BCUT2D eigenvalue weighted by Crippen LogP contribution is -2.52. The summed E-state index contributed by atoms with van der Waals surface area (Å²) in [6.45, 7) is 4.75. The predicted molar refractivity (Wildman–Crippen MR) is 95.3 cm³/mol. The molecule has 130 valence electrons. The van der Waals surface area contributed by atoms with Crippen LogP contribution in [-0.2, 0) is 0 Å². The van der Waals surface area contributed by atoms with Gasteiger partial charge in [-0.15, -0.1) is 0 Å². The molecule has 0 aromatic heterocycles. The third-order valence-corrected chi connectivity index (χ3v) is 5.77. The largest absolute Gasteiger partial charge is 0.472 e. The average molecular weight is 337 g/mol. The van der Waals surface area contributed by atoms with Gasteiger partial charge in [-0.25, -0.2) is 0 Å². The molecule has 3 heterocycles. The molecule has 2 aromatic carbocycles. The van der Waals surface area contributed by atoms with Crippen LogP contribution in [0.25, 0.3) is 0 Å². The zero-order chi connectivity index (χ0) is 16.9. The summed E-state index contributed by atoms with van der Waals surface area (Å²) in [6, 6.07) is 14.9. The summed E-state index contributed by atoms with van der Waals surface area (Å²) >= 11 is 0. The van der Waals surface area contributed by atoms with E-state index in [0.717, 1.165) is 36.8 Å². The smallest absolute Gasteiger partial charge is 0.231 e. The number of likely N-dealkylation sites (tertiary alicyclic amines) is 1. The van der Waals surface area contributed by atoms with Crippen molar-refractivity contribution in [1.29, 1.82) is 0 Å². The van der Waals surface area contributed by atoms with Crippen molar-refractivity contribution in [3.63, 3.8) is 0 Å². The molecule has 4 heteroatoms. The van der Waals surface area contributed by atoms with Crippen molar-refractivity contribution in [1.82, 2.24) is 4.90 Å². The van der Waals surface area contributed by atoms with Crippen molar-refractivity contribution in [3.8, 4) is 17.2 Å². The van der Waals surface area contributed by atoms with Gasteiger partial charge >= 0.3 is 0 Å². The molecule has 2 atom stereocenters. The third kappa shape index (κ3) is 2.47. The highest BCUT2D eigenvalue weighted by molar-refractivity contribution is 5.56. The minimum absolute atomic E-state index is 0.280. The van der Waals surface area contributed by atoms with Crippen LogP contribution in [0.1, 0.15) is 43.2 Å². The van der Waals surface area contributed by atoms with Crippen molar-refractivity contribution in [2.45, 2.75) is 37.8 Å². The number of nitrogens with zero attached hydrogens (tertiary/aromatic N) is 1. The molecular weight excluding hydrogens is 314 g/mol. The summed E-state index contributed by atoms with van der Waals surface area (Å²) in [5.41, 5.74) is 2.25. The Kier molecular flexibility index (Phi) is 3.42. The zero-order valence-electron chi connectivity index (χ0n) is 14.5. The lowest BCUT2D eigenvalue weighted by molar-refractivity contribution is -0.0768. The molecule has 4 nitrogen and oxygen atoms in total. The molecule has 1 saturated heterocycles. The Balaban J connectivity index is 1.62. The van der Waals surface area contributed by atoms with Gasteiger partial charge < -0.3 is 14.2 Å². The first-order valence-corrected chi connectivity index (χ1v) is 9.15. The molecule has 2 unspecified atom stereocenters. The highest BCUT2D eigenvalue weighted by atomic mass is 16.7. The lowest BCUT2D eigenvalue weighted by atomic mass is 9.81. The van der Waals surface area contributed by atoms with E-state index in [2.05, 4.69) is 48.2 Å². The molecule has 1 fully saturated rings. The first-order chi connectivity index (χ1) is 12.2. The highest BCUT2D eigenvalue weighted by Gasteiger charge is 2.44. The van der Waals surface area contributed by atoms with E-state index in [4.69, 9.17) is 14.2 Å². The third-order valence-electron chi connectivity index (χ3n) is 5.77. The summed E-state index contributed by atoms with van der Waals surface area (Å²) in [7, 11) is 0. The van der Waals surface area contributed by atoms with Gasteiger partial charge in [0, 0.05) is 37.1 Å². The molecule has 3 aliphatic heterocycles. The Morgan fingerprint density at radius 1 is 0.960 bits per heavy atom. The van der Waals surface area contributed by atoms with Crippen LogP contribution in [0.15, 0.2) is 42.5 Å². The first-order valence-electron chi connectivity index (χ1n) is 9.15. The predicted octanol–water partition coefficient (Wildman–Crippen LogP) is 4.14. The maximum Gasteiger partial charge on any atom is 0.231 e. The fraction of sp³-hybridized carbons (Fsp3) is 0.429. The lowest BCUT2D eigenvalue weighted by Gasteiger charge is -2.45. The van der Waals surface area contributed by atoms with Crippen LogP contribution in [0.4, 0.5) is 0 Å². The second-order valence-electron chi connectivity index (χ2n) is 7.38. The van der Waals surface area contributed by atoms with Crippen molar-refractivity contribution in [2.24, 2.45) is 0 Å². The zero-order valence-corrected chi connectivity index (χ0v) is 14.5. The summed E-state index contributed by atoms with van der Waals surface area (Å²) < 4.78 is 17.8. The molecule has 0 bridgehead atoms. The fourth-order valence-corrected chi connectivity index (χ4v) is 4.43. The van der Waals surface area contributed by atoms with Gasteiger partial charge in [0.1, 0.15) is 5.75 Å². The molecule has 5 rings (SSSR count). The van der Waals surface area contributed by atoms with E-state index >= 15 is 0 Å². The van der Waals surface area contributed by atoms with Gasteiger partial charge in [0.2, 0.25) is 6.79 Å². The molecular formula is C21H23NO3. The minimum Gasteiger partial charge on any atom is -0.472 e. The monoisotopic (exact) mass is 337 g/mol. The normalized spacial score (nSPS) is 27.8. The van der Waals surface area contributed by atoms with E-state index in [1.807, 2.05) is 6.07 Å². The summed E-state index contributed by atoms with van der Waals surface area (Å²) in [5, 5.41) is 0. The van der Waals surface area contributed by atoms with Gasteiger partial charge in [-0.2, -0.15) is 0 Å². The molecule has 0 spiro atoms. The molecule has 2 aromatic rings. The van der Waals surface area contributed by atoms with E-state index < -0.39 is 0 Å². The van der Waals surface area contributed by atoms with Crippen molar-refractivity contribution in [2.75, 3.05) is 19.9 Å². The molecule has 0 aliphatic carbocycles. The Morgan fingerprint density at radius 2 is 1.68 bits per heavy atom. The molecule has 0 saturated carbocycles. The molecule has 0 amide bonds. The summed E-state index contributed by atoms with van der Waals surface area (Å²) in [4.78, 5) is 2.50. The Bertz CT molecular complexity index is 785. The number of hydrogen-bond donors (Lipinski definition) is 0. The fourth-order valence-electron chi connectivity index (χ4n) is 4.43. The maximum absolute atomic E-state index is 6.57. The van der Waals surface area contributed by atoms with Gasteiger partial charge in [0.25, 0.3) is 0 Å². The topological polar surface area (TPSA) is 30.9 Å². The van der Waals surface area contributed by atoms with Crippen LogP contribution >= 0.6 is 0 Å². The van der Waals surface area contributed by atoms with E-state index in [9.17, 15) is 0 Å². The van der Waals surface area contributed by atoms with E-state index in [1.54, 1.807) is 0 Å². The van der Waals surface area contributed by atoms with Crippen LogP contribution in [-0.4, -0.2) is 30.5 Å². The van der Waals surface area contributed by atoms with Crippen LogP contribution in [0.5, 0.6) is 17.2 Å². The van der Waals surface area contributed by atoms with E-state index in [1.165, 1.54) is 24.0 Å². The van der Waals surface area contributed by atoms with Crippen molar-refractivity contribution in [3.05, 3.63) is 53.6 Å². The summed E-state index contributed by atoms with van der Waals surface area (Å²) in [6.07, 6.45) is 3.45. The quantitative estimate of drug-likeness (QED) is 0.824. The molecule has 0 radical (unpaired) electrons. The second kappa shape index (κ2) is 5.67. The maximum atomic E-state index is 6.57. The number of rotatable bonds is 2. The number of ether oxygens (including phenoxy) is 3. The first kappa shape index (κ1) is 15.1. The van der Waals surface area contributed by atoms with Crippen LogP contribution in [0, 0.1) is 0 Å². The number of benzene rings is 2.